The Morgan fingerprint density at radius 2 is 1.88 bits per heavy atom. The highest BCUT2D eigenvalue weighted by atomic mass is 19.4. The molecule has 2 fully saturated rings. The van der Waals surface area contributed by atoms with Crippen molar-refractivity contribution in [3.8, 4) is 0 Å². The predicted octanol–water partition coefficient (Wildman–Crippen LogP) is 3.74. The number of rotatable bonds is 5. The zero-order valence-corrected chi connectivity index (χ0v) is 18.6. The minimum atomic E-state index is -4.50. The fraction of sp³-hybridized carbons (Fsp3) is 0.435. The molecular weight excluding hydrogens is 449 g/mol. The Balaban J connectivity index is 1.57. The summed E-state index contributed by atoms with van der Waals surface area (Å²) < 4.78 is 47.0. The van der Waals surface area contributed by atoms with E-state index in [-0.39, 0.29) is 17.3 Å². The number of nitrogens with zero attached hydrogens (tertiary/aromatic N) is 4. The molecule has 3 aromatic rings. The number of aromatic nitrogens is 3. The summed E-state index contributed by atoms with van der Waals surface area (Å²) in [6, 6.07) is 4.83. The summed E-state index contributed by atoms with van der Waals surface area (Å²) in [7, 11) is 0. The molecule has 1 atom stereocenters. The van der Waals surface area contributed by atoms with Crippen LogP contribution in [0.2, 0.25) is 0 Å². The number of pyridine rings is 1. The van der Waals surface area contributed by atoms with Gasteiger partial charge < -0.3 is 20.7 Å². The van der Waals surface area contributed by atoms with Gasteiger partial charge >= 0.3 is 6.18 Å². The van der Waals surface area contributed by atoms with Gasteiger partial charge in [-0.2, -0.15) is 13.2 Å². The van der Waals surface area contributed by atoms with Crippen LogP contribution in [-0.4, -0.2) is 40.8 Å². The van der Waals surface area contributed by atoms with Crippen LogP contribution in [0.1, 0.15) is 43.0 Å². The Hall–Kier alpha value is -3.34. The first-order chi connectivity index (χ1) is 16.2. The number of fused-ring (bicyclic) bond motifs is 1. The van der Waals surface area contributed by atoms with E-state index >= 15 is 0 Å². The molecule has 1 aliphatic heterocycles. The summed E-state index contributed by atoms with van der Waals surface area (Å²) >= 11 is 0. The van der Waals surface area contributed by atoms with Gasteiger partial charge in [-0.3, -0.25) is 9.36 Å². The maximum absolute atomic E-state index is 13.4. The first kappa shape index (κ1) is 22.5. The quantitative estimate of drug-likeness (QED) is 0.544. The first-order valence-corrected chi connectivity index (χ1v) is 11.2. The van der Waals surface area contributed by atoms with Gasteiger partial charge in [0.1, 0.15) is 23.5 Å². The minimum Gasteiger partial charge on any atom is -0.399 e. The third-order valence-corrected chi connectivity index (χ3v) is 6.23. The zero-order valence-electron chi connectivity index (χ0n) is 18.6. The number of anilines is 3. The largest absolute Gasteiger partial charge is 0.416 e. The molecule has 1 aromatic carbocycles. The fourth-order valence-electron chi connectivity index (χ4n) is 4.33. The Labute approximate surface area is 193 Å². The van der Waals surface area contributed by atoms with Crippen molar-refractivity contribution in [2.75, 3.05) is 42.3 Å². The number of nitrogens with two attached hydrogens (primary N) is 1. The molecule has 180 valence electrons. The number of ether oxygens (including phenoxy) is 1. The summed E-state index contributed by atoms with van der Waals surface area (Å²) in [5.41, 5.74) is 6.32. The van der Waals surface area contributed by atoms with Crippen LogP contribution in [0.4, 0.5) is 30.4 Å². The van der Waals surface area contributed by atoms with Crippen LogP contribution in [0.15, 0.2) is 35.4 Å². The normalized spacial score (nSPS) is 17.7. The van der Waals surface area contributed by atoms with E-state index in [0.29, 0.717) is 54.4 Å². The van der Waals surface area contributed by atoms with Gasteiger partial charge in [0.2, 0.25) is 0 Å². The Bertz CT molecular complexity index is 1280. The number of halogens is 3. The molecule has 3 heterocycles. The number of hydrogen-bond donors (Lipinski definition) is 2. The van der Waals surface area contributed by atoms with Crippen molar-refractivity contribution in [3.63, 3.8) is 0 Å². The van der Waals surface area contributed by atoms with Crippen molar-refractivity contribution in [1.29, 1.82) is 0 Å². The average molecular weight is 474 g/mol. The lowest BCUT2D eigenvalue weighted by Crippen LogP contribution is -2.40. The highest BCUT2D eigenvalue weighted by Crippen LogP contribution is 2.38. The highest BCUT2D eigenvalue weighted by Gasteiger charge is 2.32. The summed E-state index contributed by atoms with van der Waals surface area (Å²) in [6.45, 7) is 4.00. The molecule has 34 heavy (non-hydrogen) atoms. The molecule has 1 saturated carbocycles. The molecule has 0 unspecified atom stereocenters. The maximum atomic E-state index is 13.4. The van der Waals surface area contributed by atoms with E-state index in [1.807, 2.05) is 4.90 Å². The van der Waals surface area contributed by atoms with Crippen molar-refractivity contribution in [2.45, 2.75) is 38.0 Å². The average Bonchev–Trinajstić information content (AvgIpc) is 3.63. The van der Waals surface area contributed by atoms with Crippen LogP contribution in [0.3, 0.4) is 0 Å². The SMILES string of the molecule is C[C@@H](Nc1ncnc2c1cc(N1CCOCC1)c(=O)n2C1CC1)c1cc(N)cc(C(F)(F)F)c1. The Morgan fingerprint density at radius 3 is 2.56 bits per heavy atom. The van der Waals surface area contributed by atoms with E-state index in [1.165, 1.54) is 12.4 Å². The second-order valence-electron chi connectivity index (χ2n) is 8.75. The molecule has 0 amide bonds. The lowest BCUT2D eigenvalue weighted by atomic mass is 10.0. The van der Waals surface area contributed by atoms with Gasteiger partial charge in [-0.25, -0.2) is 9.97 Å². The fourth-order valence-corrected chi connectivity index (χ4v) is 4.33. The van der Waals surface area contributed by atoms with Gasteiger partial charge in [0.25, 0.3) is 5.56 Å². The van der Waals surface area contributed by atoms with E-state index in [2.05, 4.69) is 15.3 Å². The van der Waals surface area contributed by atoms with Crippen molar-refractivity contribution < 1.29 is 17.9 Å². The van der Waals surface area contributed by atoms with Crippen LogP contribution < -0.4 is 21.5 Å². The second-order valence-corrected chi connectivity index (χ2v) is 8.75. The van der Waals surface area contributed by atoms with Crippen LogP contribution in [0.25, 0.3) is 11.0 Å². The molecular formula is C23H25F3N6O2. The topological polar surface area (TPSA) is 98.3 Å². The van der Waals surface area contributed by atoms with E-state index in [4.69, 9.17) is 10.5 Å². The molecule has 8 nitrogen and oxygen atoms in total. The van der Waals surface area contributed by atoms with Gasteiger partial charge in [-0.05, 0) is 49.6 Å². The molecule has 11 heteroatoms. The zero-order chi connectivity index (χ0) is 24.0. The van der Waals surface area contributed by atoms with Crippen molar-refractivity contribution in [3.05, 3.63) is 52.1 Å². The third-order valence-electron chi connectivity index (χ3n) is 6.23. The number of benzene rings is 1. The molecule has 3 N–H and O–H groups in total. The van der Waals surface area contributed by atoms with Crippen LogP contribution in [0, 0.1) is 0 Å². The van der Waals surface area contributed by atoms with Gasteiger partial charge in [-0.15, -0.1) is 0 Å². The summed E-state index contributed by atoms with van der Waals surface area (Å²) in [4.78, 5) is 24.1. The minimum absolute atomic E-state index is 0.0307. The van der Waals surface area contributed by atoms with Crippen molar-refractivity contribution in [2.24, 2.45) is 0 Å². The molecule has 2 aliphatic rings. The first-order valence-electron chi connectivity index (χ1n) is 11.2. The standard InChI is InChI=1S/C23H25F3N6O2/c1-13(14-8-15(23(24,25)26)10-16(27)9-14)30-20-18-11-19(31-4-6-34-7-5-31)22(33)32(17-2-3-17)21(18)29-12-28-20/h8-13,17H,2-7,27H2,1H3,(H,28,29,30)/t13-/m1/s1. The molecule has 2 aromatic heterocycles. The van der Waals surface area contributed by atoms with Crippen molar-refractivity contribution >= 4 is 28.2 Å². The molecule has 1 saturated heterocycles. The third kappa shape index (κ3) is 4.27. The molecule has 0 bridgehead atoms. The smallest absolute Gasteiger partial charge is 0.399 e. The van der Waals surface area contributed by atoms with E-state index in [1.54, 1.807) is 17.6 Å². The van der Waals surface area contributed by atoms with Crippen molar-refractivity contribution in [1.82, 2.24) is 14.5 Å². The van der Waals surface area contributed by atoms with Crippen LogP contribution in [-0.2, 0) is 10.9 Å². The predicted molar refractivity (Wildman–Crippen MR) is 123 cm³/mol. The van der Waals surface area contributed by atoms with E-state index < -0.39 is 17.8 Å². The number of nitrogens with one attached hydrogen (secondary N) is 1. The molecule has 0 spiro atoms. The van der Waals surface area contributed by atoms with Gasteiger partial charge in [0.15, 0.2) is 0 Å². The monoisotopic (exact) mass is 474 g/mol. The number of nitrogen functional groups attached to an aromatic ring is 1. The van der Waals surface area contributed by atoms with Gasteiger partial charge in [0, 0.05) is 24.8 Å². The molecule has 0 radical (unpaired) electrons. The summed E-state index contributed by atoms with van der Waals surface area (Å²) in [5, 5.41) is 3.85. The Kier molecular flexibility index (Phi) is 5.59. The van der Waals surface area contributed by atoms with E-state index in [0.717, 1.165) is 25.0 Å². The molecule has 5 rings (SSSR count). The maximum Gasteiger partial charge on any atom is 0.416 e. The van der Waals surface area contributed by atoms with Crippen LogP contribution >= 0.6 is 0 Å². The van der Waals surface area contributed by atoms with Gasteiger partial charge in [-0.1, -0.05) is 0 Å². The number of hydrogen-bond acceptors (Lipinski definition) is 7. The highest BCUT2D eigenvalue weighted by molar-refractivity contribution is 5.89. The van der Waals surface area contributed by atoms with Crippen LogP contribution in [0.5, 0.6) is 0 Å². The molecule has 1 aliphatic carbocycles. The van der Waals surface area contributed by atoms with E-state index in [9.17, 15) is 18.0 Å². The summed E-state index contributed by atoms with van der Waals surface area (Å²) in [5.74, 6) is 0.442. The Morgan fingerprint density at radius 1 is 1.15 bits per heavy atom. The second kappa shape index (κ2) is 8.46. The lowest BCUT2D eigenvalue weighted by Gasteiger charge is -2.29. The summed E-state index contributed by atoms with van der Waals surface area (Å²) in [6.07, 6.45) is -1.34. The lowest BCUT2D eigenvalue weighted by molar-refractivity contribution is -0.137. The van der Waals surface area contributed by atoms with Gasteiger partial charge in [0.05, 0.1) is 30.2 Å². The number of alkyl halides is 3. The number of morpholine rings is 1.